The summed E-state index contributed by atoms with van der Waals surface area (Å²) in [6.45, 7) is 5.98. The molecule has 1 N–H and O–H groups in total. The van der Waals surface area contributed by atoms with Crippen molar-refractivity contribution in [3.8, 4) is 0 Å². The summed E-state index contributed by atoms with van der Waals surface area (Å²) < 4.78 is 17.9. The Bertz CT molecular complexity index is 418. The monoisotopic (exact) mass is 267 g/mol. The minimum Gasteiger partial charge on any atom is -0.379 e. The van der Waals surface area contributed by atoms with E-state index in [0.717, 1.165) is 32.8 Å². The van der Waals surface area contributed by atoms with Crippen molar-refractivity contribution in [2.75, 3.05) is 32.8 Å². The number of nitrogens with one attached hydrogen (secondary N) is 1. The molecule has 19 heavy (non-hydrogen) atoms. The Labute approximate surface area is 111 Å². The summed E-state index contributed by atoms with van der Waals surface area (Å²) in [5, 5.41) is 2.88. The molecule has 2 heterocycles. The molecule has 0 bridgehead atoms. The number of amides is 1. The molecule has 1 unspecified atom stereocenters. The minimum atomic E-state index is -0.585. The highest BCUT2D eigenvalue weighted by molar-refractivity contribution is 5.93. The van der Waals surface area contributed by atoms with Crippen LogP contribution in [0.3, 0.4) is 0 Å². The van der Waals surface area contributed by atoms with Crippen molar-refractivity contribution >= 4 is 5.91 Å². The lowest BCUT2D eigenvalue weighted by molar-refractivity contribution is 0.0342. The van der Waals surface area contributed by atoms with Crippen molar-refractivity contribution in [2.24, 2.45) is 0 Å². The van der Waals surface area contributed by atoms with Gasteiger partial charge in [0.2, 0.25) is 5.95 Å². The van der Waals surface area contributed by atoms with Gasteiger partial charge >= 0.3 is 0 Å². The molecule has 0 aliphatic carbocycles. The normalized spacial score (nSPS) is 18.0. The molecule has 1 aliphatic rings. The third kappa shape index (κ3) is 4.25. The number of pyridine rings is 1. The average Bonchev–Trinajstić information content (AvgIpc) is 2.40. The van der Waals surface area contributed by atoms with Crippen LogP contribution in [0, 0.1) is 5.95 Å². The number of morpholine rings is 1. The Morgan fingerprint density at radius 2 is 2.26 bits per heavy atom. The first kappa shape index (κ1) is 13.9. The molecule has 0 aromatic carbocycles. The molecule has 1 aromatic rings. The van der Waals surface area contributed by atoms with E-state index < -0.39 is 5.95 Å². The summed E-state index contributed by atoms with van der Waals surface area (Å²) in [5.74, 6) is -0.814. The molecule has 1 atom stereocenters. The van der Waals surface area contributed by atoms with Gasteiger partial charge in [-0.05, 0) is 19.1 Å². The van der Waals surface area contributed by atoms with E-state index in [0.29, 0.717) is 5.56 Å². The lowest BCUT2D eigenvalue weighted by atomic mass is 10.2. The molecule has 6 heteroatoms. The van der Waals surface area contributed by atoms with Crippen LogP contribution in [-0.2, 0) is 4.74 Å². The molecule has 104 valence electrons. The van der Waals surface area contributed by atoms with Crippen LogP contribution in [0.1, 0.15) is 17.3 Å². The van der Waals surface area contributed by atoms with Crippen LogP contribution in [0.2, 0.25) is 0 Å². The Hall–Kier alpha value is -1.53. The van der Waals surface area contributed by atoms with Crippen molar-refractivity contribution in [1.82, 2.24) is 15.2 Å². The first-order valence-electron chi connectivity index (χ1n) is 6.37. The van der Waals surface area contributed by atoms with Gasteiger partial charge in [0.05, 0.1) is 18.8 Å². The zero-order valence-electron chi connectivity index (χ0n) is 10.9. The van der Waals surface area contributed by atoms with E-state index in [4.69, 9.17) is 4.74 Å². The number of carbonyl (C=O) groups is 1. The quantitative estimate of drug-likeness (QED) is 0.815. The number of carbonyl (C=O) groups excluding carboxylic acids is 1. The second-order valence-electron chi connectivity index (χ2n) is 4.66. The molecule has 1 aromatic heterocycles. The predicted molar refractivity (Wildman–Crippen MR) is 68.4 cm³/mol. The Kier molecular flexibility index (Phi) is 4.81. The molecule has 1 aliphatic heterocycles. The molecule has 2 rings (SSSR count). The highest BCUT2D eigenvalue weighted by Crippen LogP contribution is 2.02. The summed E-state index contributed by atoms with van der Waals surface area (Å²) in [4.78, 5) is 17.6. The Balaban J connectivity index is 1.82. The van der Waals surface area contributed by atoms with Gasteiger partial charge in [-0.2, -0.15) is 4.39 Å². The fourth-order valence-electron chi connectivity index (χ4n) is 2.03. The van der Waals surface area contributed by atoms with Gasteiger partial charge in [-0.3, -0.25) is 9.69 Å². The fraction of sp³-hybridized carbons (Fsp3) is 0.538. The number of rotatable bonds is 4. The average molecular weight is 267 g/mol. The predicted octanol–water partition coefficient (Wildman–Crippen LogP) is 0.671. The SMILES string of the molecule is CC(CN1CCOCC1)NC(=O)c1ccc(F)nc1. The highest BCUT2D eigenvalue weighted by atomic mass is 19.1. The smallest absolute Gasteiger partial charge is 0.253 e. The summed E-state index contributed by atoms with van der Waals surface area (Å²) in [6.07, 6.45) is 1.24. The summed E-state index contributed by atoms with van der Waals surface area (Å²) >= 11 is 0. The van der Waals surface area contributed by atoms with Crippen LogP contribution >= 0.6 is 0 Å². The standard InChI is InChI=1S/C13H18FN3O2/c1-10(9-17-4-6-19-7-5-17)16-13(18)11-2-3-12(14)15-8-11/h2-3,8,10H,4-7,9H2,1H3,(H,16,18). The van der Waals surface area contributed by atoms with Gasteiger partial charge < -0.3 is 10.1 Å². The van der Waals surface area contributed by atoms with Gasteiger partial charge in [-0.1, -0.05) is 0 Å². The second kappa shape index (κ2) is 6.58. The second-order valence-corrected chi connectivity index (χ2v) is 4.66. The maximum Gasteiger partial charge on any atom is 0.253 e. The maximum atomic E-state index is 12.7. The molecular formula is C13H18FN3O2. The molecule has 0 saturated carbocycles. The van der Waals surface area contributed by atoms with E-state index in [9.17, 15) is 9.18 Å². The van der Waals surface area contributed by atoms with Gasteiger partial charge in [0.15, 0.2) is 0 Å². The van der Waals surface area contributed by atoms with E-state index in [1.807, 2.05) is 6.92 Å². The molecular weight excluding hydrogens is 249 g/mol. The van der Waals surface area contributed by atoms with Crippen LogP contribution in [-0.4, -0.2) is 54.7 Å². The molecule has 0 spiro atoms. The number of halogens is 1. The lowest BCUT2D eigenvalue weighted by Crippen LogP contribution is -2.46. The molecule has 5 nitrogen and oxygen atoms in total. The number of aromatic nitrogens is 1. The maximum absolute atomic E-state index is 12.7. The zero-order valence-corrected chi connectivity index (χ0v) is 10.9. The van der Waals surface area contributed by atoms with Gasteiger partial charge in [0.1, 0.15) is 0 Å². The number of hydrogen-bond acceptors (Lipinski definition) is 4. The van der Waals surface area contributed by atoms with E-state index in [1.165, 1.54) is 18.3 Å². The van der Waals surface area contributed by atoms with Gasteiger partial charge in [-0.15, -0.1) is 0 Å². The zero-order chi connectivity index (χ0) is 13.7. The number of hydrogen-bond donors (Lipinski definition) is 1. The summed E-state index contributed by atoms with van der Waals surface area (Å²) in [7, 11) is 0. The van der Waals surface area contributed by atoms with E-state index in [-0.39, 0.29) is 11.9 Å². The van der Waals surface area contributed by atoms with E-state index in [1.54, 1.807) is 0 Å². The van der Waals surface area contributed by atoms with Crippen molar-refractivity contribution in [2.45, 2.75) is 13.0 Å². The van der Waals surface area contributed by atoms with Crippen molar-refractivity contribution in [3.05, 3.63) is 29.8 Å². The fourth-order valence-corrected chi connectivity index (χ4v) is 2.03. The third-order valence-corrected chi connectivity index (χ3v) is 3.00. The molecule has 1 fully saturated rings. The molecule has 1 saturated heterocycles. The minimum absolute atomic E-state index is 0.0238. The van der Waals surface area contributed by atoms with Crippen molar-refractivity contribution in [3.63, 3.8) is 0 Å². The summed E-state index contributed by atoms with van der Waals surface area (Å²) in [6, 6.07) is 2.64. The Morgan fingerprint density at radius 3 is 2.89 bits per heavy atom. The Morgan fingerprint density at radius 1 is 1.53 bits per heavy atom. The molecule has 1 amide bonds. The lowest BCUT2D eigenvalue weighted by Gasteiger charge is -2.29. The number of ether oxygens (including phenoxy) is 1. The summed E-state index contributed by atoms with van der Waals surface area (Å²) in [5.41, 5.74) is 0.371. The highest BCUT2D eigenvalue weighted by Gasteiger charge is 2.16. The topological polar surface area (TPSA) is 54.5 Å². The first-order chi connectivity index (χ1) is 9.15. The van der Waals surface area contributed by atoms with Gasteiger partial charge in [0, 0.05) is 31.9 Å². The van der Waals surface area contributed by atoms with Gasteiger partial charge in [0.25, 0.3) is 5.91 Å². The number of nitrogens with zero attached hydrogens (tertiary/aromatic N) is 2. The van der Waals surface area contributed by atoms with E-state index >= 15 is 0 Å². The van der Waals surface area contributed by atoms with Crippen LogP contribution in [0.25, 0.3) is 0 Å². The van der Waals surface area contributed by atoms with Crippen LogP contribution < -0.4 is 5.32 Å². The van der Waals surface area contributed by atoms with Crippen LogP contribution in [0.5, 0.6) is 0 Å². The largest absolute Gasteiger partial charge is 0.379 e. The van der Waals surface area contributed by atoms with Crippen molar-refractivity contribution in [1.29, 1.82) is 0 Å². The third-order valence-electron chi connectivity index (χ3n) is 3.00. The van der Waals surface area contributed by atoms with Gasteiger partial charge in [-0.25, -0.2) is 4.98 Å². The van der Waals surface area contributed by atoms with Crippen molar-refractivity contribution < 1.29 is 13.9 Å². The first-order valence-corrected chi connectivity index (χ1v) is 6.37. The van der Waals surface area contributed by atoms with Crippen LogP contribution in [0.4, 0.5) is 4.39 Å². The van der Waals surface area contributed by atoms with E-state index in [2.05, 4.69) is 15.2 Å². The van der Waals surface area contributed by atoms with Crippen LogP contribution in [0.15, 0.2) is 18.3 Å². The molecule has 0 radical (unpaired) electrons.